The molecule has 2 aliphatic rings. The molecule has 0 saturated carbocycles. The zero-order valence-corrected chi connectivity index (χ0v) is 19.0. The summed E-state index contributed by atoms with van der Waals surface area (Å²) >= 11 is 0. The Balaban J connectivity index is 1.18. The van der Waals surface area contributed by atoms with Gasteiger partial charge in [-0.05, 0) is 24.3 Å². The van der Waals surface area contributed by atoms with Gasteiger partial charge >= 0.3 is 6.09 Å². The van der Waals surface area contributed by atoms with E-state index in [1.165, 1.54) is 12.0 Å². The standard InChI is InChI=1S/C24H24N4O7/c1-32-22-5-3-17-23(27-22)16(6-7-25-17)18(29)11-21(30)26-12-15-13-28(24(31)35-15)14-2-4-19-20(10-14)34-9-8-33-19/h2-7,10,15,18,29H,8-9,11-13H2,1H3,(H,26,30). The molecular weight excluding hydrogens is 456 g/mol. The molecule has 1 saturated heterocycles. The number of carbonyl (C=O) groups is 2. The molecule has 11 nitrogen and oxygen atoms in total. The van der Waals surface area contributed by atoms with Crippen LogP contribution in [0.3, 0.4) is 0 Å². The fourth-order valence-corrected chi connectivity index (χ4v) is 4.03. The van der Waals surface area contributed by atoms with Crippen LogP contribution >= 0.6 is 0 Å². The highest BCUT2D eigenvalue weighted by Crippen LogP contribution is 2.35. The number of hydrogen-bond acceptors (Lipinski definition) is 9. The van der Waals surface area contributed by atoms with E-state index in [1.54, 1.807) is 42.6 Å². The van der Waals surface area contributed by atoms with Crippen molar-refractivity contribution >= 4 is 28.7 Å². The lowest BCUT2D eigenvalue weighted by Crippen LogP contribution is -2.35. The van der Waals surface area contributed by atoms with Gasteiger partial charge in [-0.2, -0.15) is 0 Å². The molecule has 2 N–H and O–H groups in total. The molecule has 0 bridgehead atoms. The van der Waals surface area contributed by atoms with Gasteiger partial charge in [0.1, 0.15) is 19.3 Å². The number of anilines is 1. The Morgan fingerprint density at radius 2 is 2.06 bits per heavy atom. The lowest BCUT2D eigenvalue weighted by atomic mass is 10.1. The molecule has 0 spiro atoms. The predicted octanol–water partition coefficient (Wildman–Crippen LogP) is 1.97. The van der Waals surface area contributed by atoms with Gasteiger partial charge in [0.2, 0.25) is 11.8 Å². The molecule has 1 aromatic carbocycles. The van der Waals surface area contributed by atoms with Gasteiger partial charge in [-0.15, -0.1) is 0 Å². The van der Waals surface area contributed by atoms with Crippen molar-refractivity contribution in [3.8, 4) is 17.4 Å². The Bertz CT molecular complexity index is 1270. The van der Waals surface area contributed by atoms with Crippen LogP contribution in [0, 0.1) is 0 Å². The highest BCUT2D eigenvalue weighted by Gasteiger charge is 2.33. The molecule has 2 amide bonds. The van der Waals surface area contributed by atoms with E-state index in [0.29, 0.717) is 52.9 Å². The van der Waals surface area contributed by atoms with Crippen molar-refractivity contribution in [1.29, 1.82) is 0 Å². The first-order valence-electron chi connectivity index (χ1n) is 11.1. The second-order valence-electron chi connectivity index (χ2n) is 8.09. The summed E-state index contributed by atoms with van der Waals surface area (Å²) in [5.74, 6) is 1.20. The number of hydrogen-bond donors (Lipinski definition) is 2. The van der Waals surface area contributed by atoms with Gasteiger partial charge in [0.15, 0.2) is 11.5 Å². The van der Waals surface area contributed by atoms with E-state index in [2.05, 4.69) is 15.3 Å². The monoisotopic (exact) mass is 480 g/mol. The number of nitrogens with one attached hydrogen (secondary N) is 1. The number of carbonyl (C=O) groups excluding carboxylic acids is 2. The van der Waals surface area contributed by atoms with Crippen LogP contribution in [0.1, 0.15) is 18.1 Å². The summed E-state index contributed by atoms with van der Waals surface area (Å²) in [6, 6.07) is 10.3. The zero-order chi connectivity index (χ0) is 24.4. The normalized spacial score (nSPS) is 17.7. The second-order valence-corrected chi connectivity index (χ2v) is 8.09. The average Bonchev–Trinajstić information content (AvgIpc) is 3.26. The lowest BCUT2D eigenvalue weighted by Gasteiger charge is -2.21. The van der Waals surface area contributed by atoms with Gasteiger partial charge < -0.3 is 29.4 Å². The highest BCUT2D eigenvalue weighted by molar-refractivity contribution is 5.90. The number of amides is 2. The lowest BCUT2D eigenvalue weighted by molar-refractivity contribution is -0.123. The quantitative estimate of drug-likeness (QED) is 0.521. The van der Waals surface area contributed by atoms with Crippen LogP contribution in [0.2, 0.25) is 0 Å². The van der Waals surface area contributed by atoms with Gasteiger partial charge in [0.05, 0.1) is 49.4 Å². The molecular formula is C24H24N4O7. The van der Waals surface area contributed by atoms with Crippen molar-refractivity contribution in [2.24, 2.45) is 0 Å². The van der Waals surface area contributed by atoms with Crippen molar-refractivity contribution in [3.05, 3.63) is 48.2 Å². The maximum Gasteiger partial charge on any atom is 0.414 e. The average molecular weight is 480 g/mol. The Morgan fingerprint density at radius 3 is 2.89 bits per heavy atom. The van der Waals surface area contributed by atoms with E-state index in [9.17, 15) is 14.7 Å². The zero-order valence-electron chi connectivity index (χ0n) is 19.0. The topological polar surface area (TPSA) is 132 Å². The molecule has 35 heavy (non-hydrogen) atoms. The summed E-state index contributed by atoms with van der Waals surface area (Å²) in [5, 5.41) is 13.4. The van der Waals surface area contributed by atoms with Gasteiger partial charge in [0.25, 0.3) is 0 Å². The number of fused-ring (bicyclic) bond motifs is 2. The smallest absolute Gasteiger partial charge is 0.414 e. The number of aromatic nitrogens is 2. The molecule has 0 aliphatic carbocycles. The second kappa shape index (κ2) is 9.63. The van der Waals surface area contributed by atoms with Crippen LogP contribution in [0.5, 0.6) is 17.4 Å². The van der Waals surface area contributed by atoms with Crippen molar-refractivity contribution in [1.82, 2.24) is 15.3 Å². The summed E-state index contributed by atoms with van der Waals surface area (Å²) in [7, 11) is 1.50. The number of rotatable bonds is 7. The summed E-state index contributed by atoms with van der Waals surface area (Å²) in [6.45, 7) is 1.30. The van der Waals surface area contributed by atoms with Crippen LogP contribution in [0.15, 0.2) is 42.6 Å². The number of ether oxygens (including phenoxy) is 4. The fourth-order valence-electron chi connectivity index (χ4n) is 4.03. The first-order chi connectivity index (χ1) is 17.0. The van der Waals surface area contributed by atoms with E-state index < -0.39 is 18.3 Å². The summed E-state index contributed by atoms with van der Waals surface area (Å²) in [6.07, 6.45) is -0.781. The van der Waals surface area contributed by atoms with Crippen molar-refractivity contribution in [2.75, 3.05) is 38.3 Å². The number of aliphatic hydroxyl groups is 1. The number of benzene rings is 1. The van der Waals surface area contributed by atoms with Crippen molar-refractivity contribution in [3.63, 3.8) is 0 Å². The predicted molar refractivity (Wildman–Crippen MR) is 124 cm³/mol. The number of cyclic esters (lactones) is 1. The van der Waals surface area contributed by atoms with Crippen LogP contribution in [-0.2, 0) is 9.53 Å². The molecule has 2 atom stereocenters. The van der Waals surface area contributed by atoms with E-state index in [0.717, 1.165) is 0 Å². The van der Waals surface area contributed by atoms with Crippen molar-refractivity contribution in [2.45, 2.75) is 18.6 Å². The number of aliphatic hydroxyl groups excluding tert-OH is 1. The van der Waals surface area contributed by atoms with E-state index in [1.807, 2.05) is 0 Å². The third-order valence-corrected chi connectivity index (χ3v) is 5.77. The van der Waals surface area contributed by atoms with Gasteiger partial charge in [-0.25, -0.2) is 9.78 Å². The first kappa shape index (κ1) is 22.7. The number of pyridine rings is 2. The fraction of sp³-hybridized carbons (Fsp3) is 0.333. The summed E-state index contributed by atoms with van der Waals surface area (Å²) in [5.41, 5.74) is 2.14. The third kappa shape index (κ3) is 4.76. The molecule has 11 heteroatoms. The summed E-state index contributed by atoms with van der Waals surface area (Å²) in [4.78, 5) is 35.0. The van der Waals surface area contributed by atoms with Crippen LogP contribution in [0.25, 0.3) is 11.0 Å². The molecule has 5 rings (SSSR count). The van der Waals surface area contributed by atoms with Crippen LogP contribution in [0.4, 0.5) is 10.5 Å². The largest absolute Gasteiger partial charge is 0.486 e. The first-order valence-corrected chi connectivity index (χ1v) is 11.1. The minimum atomic E-state index is -1.10. The molecule has 3 aromatic rings. The third-order valence-electron chi connectivity index (χ3n) is 5.77. The van der Waals surface area contributed by atoms with E-state index >= 15 is 0 Å². The molecule has 1 fully saturated rings. The Labute approximate surface area is 200 Å². The molecule has 2 aliphatic heterocycles. The maximum atomic E-state index is 12.5. The van der Waals surface area contributed by atoms with Crippen LogP contribution in [-0.4, -0.2) is 66.6 Å². The van der Waals surface area contributed by atoms with Gasteiger partial charge in [-0.3, -0.25) is 14.7 Å². The number of methoxy groups -OCH3 is 1. The van der Waals surface area contributed by atoms with Crippen LogP contribution < -0.4 is 24.4 Å². The molecule has 2 aromatic heterocycles. The minimum Gasteiger partial charge on any atom is -0.486 e. The SMILES string of the molecule is COc1ccc2nccc(C(O)CC(=O)NCC3CN(c4ccc5c(c4)OCCO5)C(=O)O3)c2n1. The molecule has 2 unspecified atom stereocenters. The minimum absolute atomic E-state index is 0.113. The molecule has 4 heterocycles. The Morgan fingerprint density at radius 1 is 1.23 bits per heavy atom. The molecule has 182 valence electrons. The van der Waals surface area contributed by atoms with Gasteiger partial charge in [-0.1, -0.05) is 0 Å². The number of nitrogens with zero attached hydrogens (tertiary/aromatic N) is 3. The van der Waals surface area contributed by atoms with Crippen molar-refractivity contribution < 1.29 is 33.6 Å². The maximum absolute atomic E-state index is 12.5. The molecule has 0 radical (unpaired) electrons. The highest BCUT2D eigenvalue weighted by atomic mass is 16.6. The summed E-state index contributed by atoms with van der Waals surface area (Å²) < 4.78 is 21.6. The van der Waals surface area contributed by atoms with E-state index in [4.69, 9.17) is 18.9 Å². The Kier molecular flexibility index (Phi) is 6.23. The Hall–Kier alpha value is -4.12. The van der Waals surface area contributed by atoms with Gasteiger partial charge in [0, 0.05) is 23.9 Å². The van der Waals surface area contributed by atoms with E-state index in [-0.39, 0.29) is 25.4 Å².